The van der Waals surface area contributed by atoms with E-state index in [1.807, 2.05) is 6.92 Å². The second kappa shape index (κ2) is 6.36. The lowest BCUT2D eigenvalue weighted by molar-refractivity contribution is -0.213. The van der Waals surface area contributed by atoms with Crippen molar-refractivity contribution >= 4 is 5.97 Å². The summed E-state index contributed by atoms with van der Waals surface area (Å²) in [5, 5.41) is 9.67. The Bertz CT molecular complexity index is 244. The molecule has 100 valence electrons. The zero-order valence-corrected chi connectivity index (χ0v) is 11.1. The minimum atomic E-state index is -1.13. The standard InChI is InChI=1S/C13H24O4/c1-10-9-11(17-13(2,3)15)7-5-4-6-8-12(14)16-10/h10-11,15H,4-9H2,1-3H3. The van der Waals surface area contributed by atoms with Crippen molar-refractivity contribution in [3.8, 4) is 0 Å². The van der Waals surface area contributed by atoms with Gasteiger partial charge in [-0.1, -0.05) is 12.8 Å². The summed E-state index contributed by atoms with van der Waals surface area (Å²) in [4.78, 5) is 11.4. The van der Waals surface area contributed by atoms with Crippen molar-refractivity contribution in [3.63, 3.8) is 0 Å². The van der Waals surface area contributed by atoms with Crippen molar-refractivity contribution < 1.29 is 19.4 Å². The van der Waals surface area contributed by atoms with E-state index in [1.165, 1.54) is 0 Å². The van der Waals surface area contributed by atoms with Crippen molar-refractivity contribution in [2.45, 2.75) is 77.3 Å². The van der Waals surface area contributed by atoms with Gasteiger partial charge in [-0.25, -0.2) is 0 Å². The molecule has 0 aromatic rings. The van der Waals surface area contributed by atoms with E-state index < -0.39 is 5.79 Å². The van der Waals surface area contributed by atoms with Crippen LogP contribution in [0.4, 0.5) is 0 Å². The van der Waals surface area contributed by atoms with E-state index in [9.17, 15) is 9.90 Å². The first-order valence-electron chi connectivity index (χ1n) is 6.46. The van der Waals surface area contributed by atoms with Crippen molar-refractivity contribution in [1.82, 2.24) is 0 Å². The Kier molecular flexibility index (Phi) is 5.40. The first-order valence-corrected chi connectivity index (χ1v) is 6.46. The number of rotatable bonds is 2. The topological polar surface area (TPSA) is 55.8 Å². The summed E-state index contributed by atoms with van der Waals surface area (Å²) in [5.74, 6) is -1.25. The molecule has 1 heterocycles. The quantitative estimate of drug-likeness (QED) is 0.598. The van der Waals surface area contributed by atoms with E-state index in [0.29, 0.717) is 12.8 Å². The summed E-state index contributed by atoms with van der Waals surface area (Å²) in [5.41, 5.74) is 0. The Hall–Kier alpha value is -0.610. The Balaban J connectivity index is 2.53. The van der Waals surface area contributed by atoms with Gasteiger partial charge in [0.2, 0.25) is 0 Å². The van der Waals surface area contributed by atoms with Gasteiger partial charge in [0.25, 0.3) is 0 Å². The number of ether oxygens (including phenoxy) is 2. The molecule has 4 heteroatoms. The Labute approximate surface area is 103 Å². The molecular formula is C13H24O4. The average Bonchev–Trinajstić information content (AvgIpc) is 2.13. The normalized spacial score (nSPS) is 28.6. The highest BCUT2D eigenvalue weighted by atomic mass is 16.6. The van der Waals surface area contributed by atoms with E-state index in [0.717, 1.165) is 25.7 Å². The van der Waals surface area contributed by atoms with Gasteiger partial charge in [-0.2, -0.15) is 0 Å². The molecule has 4 nitrogen and oxygen atoms in total. The van der Waals surface area contributed by atoms with Gasteiger partial charge < -0.3 is 14.6 Å². The average molecular weight is 244 g/mol. The number of hydrogen-bond donors (Lipinski definition) is 1. The molecule has 2 unspecified atom stereocenters. The van der Waals surface area contributed by atoms with E-state index in [4.69, 9.17) is 9.47 Å². The molecule has 1 rings (SSSR count). The maximum absolute atomic E-state index is 11.4. The molecule has 1 aliphatic heterocycles. The van der Waals surface area contributed by atoms with E-state index in [-0.39, 0.29) is 18.2 Å². The summed E-state index contributed by atoms with van der Waals surface area (Å²) in [6.07, 6.45) is 4.79. The maximum atomic E-state index is 11.4. The third-order valence-electron chi connectivity index (χ3n) is 2.79. The lowest BCUT2D eigenvalue weighted by atomic mass is 10.0. The minimum Gasteiger partial charge on any atom is -0.463 e. The van der Waals surface area contributed by atoms with Crippen LogP contribution in [0, 0.1) is 0 Å². The van der Waals surface area contributed by atoms with Gasteiger partial charge in [-0.05, 0) is 33.6 Å². The second-order valence-electron chi connectivity index (χ2n) is 5.32. The molecule has 1 saturated heterocycles. The summed E-state index contributed by atoms with van der Waals surface area (Å²) in [7, 11) is 0. The van der Waals surface area contributed by atoms with Crippen LogP contribution >= 0.6 is 0 Å². The summed E-state index contributed by atoms with van der Waals surface area (Å²) in [6, 6.07) is 0. The zero-order valence-electron chi connectivity index (χ0n) is 11.1. The van der Waals surface area contributed by atoms with Crippen molar-refractivity contribution in [2.75, 3.05) is 0 Å². The molecule has 0 spiro atoms. The van der Waals surface area contributed by atoms with Crippen LogP contribution in [0.15, 0.2) is 0 Å². The van der Waals surface area contributed by atoms with Crippen molar-refractivity contribution in [1.29, 1.82) is 0 Å². The third-order valence-corrected chi connectivity index (χ3v) is 2.79. The highest BCUT2D eigenvalue weighted by Crippen LogP contribution is 2.21. The Morgan fingerprint density at radius 1 is 1.35 bits per heavy atom. The number of carbonyl (C=O) groups excluding carboxylic acids is 1. The molecule has 0 radical (unpaired) electrons. The molecule has 1 aliphatic rings. The fourth-order valence-electron chi connectivity index (χ4n) is 2.15. The van der Waals surface area contributed by atoms with E-state index >= 15 is 0 Å². The lowest BCUT2D eigenvalue weighted by Gasteiger charge is -2.29. The van der Waals surface area contributed by atoms with E-state index in [1.54, 1.807) is 13.8 Å². The highest BCUT2D eigenvalue weighted by molar-refractivity contribution is 5.69. The molecule has 0 aliphatic carbocycles. The van der Waals surface area contributed by atoms with Crippen LogP contribution in [0.3, 0.4) is 0 Å². The Morgan fingerprint density at radius 2 is 2.06 bits per heavy atom. The minimum absolute atomic E-state index is 0.0455. The number of aliphatic hydroxyl groups is 1. The highest BCUT2D eigenvalue weighted by Gasteiger charge is 2.24. The summed E-state index contributed by atoms with van der Waals surface area (Å²) < 4.78 is 10.9. The molecule has 1 fully saturated rings. The fraction of sp³-hybridized carbons (Fsp3) is 0.923. The van der Waals surface area contributed by atoms with Gasteiger partial charge in [0.05, 0.1) is 6.10 Å². The van der Waals surface area contributed by atoms with Crippen LogP contribution in [0.2, 0.25) is 0 Å². The van der Waals surface area contributed by atoms with E-state index in [2.05, 4.69) is 0 Å². The van der Waals surface area contributed by atoms with Crippen LogP contribution in [0.5, 0.6) is 0 Å². The van der Waals surface area contributed by atoms with Gasteiger partial charge in [0, 0.05) is 12.8 Å². The lowest BCUT2D eigenvalue weighted by Crippen LogP contribution is -2.33. The summed E-state index contributed by atoms with van der Waals surface area (Å²) in [6.45, 7) is 5.13. The molecule has 0 amide bonds. The molecule has 17 heavy (non-hydrogen) atoms. The molecule has 0 aromatic carbocycles. The van der Waals surface area contributed by atoms with Gasteiger partial charge >= 0.3 is 5.97 Å². The smallest absolute Gasteiger partial charge is 0.306 e. The van der Waals surface area contributed by atoms with Crippen LogP contribution in [0.1, 0.15) is 59.3 Å². The number of cyclic esters (lactones) is 1. The molecule has 0 aromatic heterocycles. The first kappa shape index (κ1) is 14.5. The predicted molar refractivity (Wildman–Crippen MR) is 64.4 cm³/mol. The van der Waals surface area contributed by atoms with Crippen LogP contribution in [0.25, 0.3) is 0 Å². The molecule has 2 atom stereocenters. The van der Waals surface area contributed by atoms with Crippen molar-refractivity contribution in [2.24, 2.45) is 0 Å². The maximum Gasteiger partial charge on any atom is 0.306 e. The number of esters is 1. The second-order valence-corrected chi connectivity index (χ2v) is 5.32. The summed E-state index contributed by atoms with van der Waals surface area (Å²) >= 11 is 0. The monoisotopic (exact) mass is 244 g/mol. The van der Waals surface area contributed by atoms with Crippen LogP contribution in [-0.4, -0.2) is 29.1 Å². The third kappa shape index (κ3) is 6.64. The fourth-order valence-corrected chi connectivity index (χ4v) is 2.15. The Morgan fingerprint density at radius 3 is 2.71 bits per heavy atom. The largest absolute Gasteiger partial charge is 0.463 e. The van der Waals surface area contributed by atoms with Gasteiger partial charge in [0.1, 0.15) is 6.10 Å². The van der Waals surface area contributed by atoms with Crippen LogP contribution < -0.4 is 0 Å². The van der Waals surface area contributed by atoms with Crippen molar-refractivity contribution in [3.05, 3.63) is 0 Å². The van der Waals surface area contributed by atoms with Crippen LogP contribution in [-0.2, 0) is 14.3 Å². The first-order chi connectivity index (χ1) is 7.87. The molecule has 0 saturated carbocycles. The number of hydrogen-bond acceptors (Lipinski definition) is 4. The SMILES string of the molecule is CC1CC(OC(C)(C)O)CCCCCC(=O)O1. The van der Waals surface area contributed by atoms with Gasteiger partial charge in [0.15, 0.2) is 5.79 Å². The molecule has 1 N–H and O–H groups in total. The predicted octanol–water partition coefficient (Wildman–Crippen LogP) is 2.39. The van der Waals surface area contributed by atoms with Gasteiger partial charge in [-0.3, -0.25) is 4.79 Å². The van der Waals surface area contributed by atoms with Gasteiger partial charge in [-0.15, -0.1) is 0 Å². The molecular weight excluding hydrogens is 220 g/mol. The molecule has 0 bridgehead atoms. The zero-order chi connectivity index (χ0) is 12.9. The number of carbonyl (C=O) groups is 1.